The number of alkyl carbamates (subject to hydrolysis) is 1. The highest BCUT2D eigenvalue weighted by atomic mass is 16.6. The fourth-order valence-corrected chi connectivity index (χ4v) is 3.95. The molecular formula is C26H32N4O3. The monoisotopic (exact) mass is 448 g/mol. The van der Waals surface area contributed by atoms with Gasteiger partial charge in [-0.1, -0.05) is 19.9 Å². The molecule has 1 aromatic carbocycles. The van der Waals surface area contributed by atoms with Crippen LogP contribution in [-0.2, 0) is 4.74 Å². The van der Waals surface area contributed by atoms with Gasteiger partial charge in [-0.25, -0.2) is 4.79 Å². The van der Waals surface area contributed by atoms with E-state index in [0.717, 1.165) is 22.2 Å². The quantitative estimate of drug-likeness (QED) is 0.475. The number of fused-ring (bicyclic) bond motifs is 1. The zero-order chi connectivity index (χ0) is 24.2. The fraction of sp³-hybridized carbons (Fsp3) is 0.423. The summed E-state index contributed by atoms with van der Waals surface area (Å²) in [6.45, 7) is 11.8. The summed E-state index contributed by atoms with van der Waals surface area (Å²) in [5, 5.41) is 12.7. The fourth-order valence-electron chi connectivity index (χ4n) is 3.95. The molecule has 0 aliphatic carbocycles. The maximum atomic E-state index is 12.4. The predicted molar refractivity (Wildman–Crippen MR) is 129 cm³/mol. The first kappa shape index (κ1) is 24.1. The Labute approximate surface area is 195 Å². The number of H-pyrrole nitrogens is 1. The van der Waals surface area contributed by atoms with Crippen molar-refractivity contribution in [2.75, 3.05) is 6.61 Å². The maximum Gasteiger partial charge on any atom is 0.408 e. The molecule has 0 aliphatic rings. The number of ether oxygens (including phenoxy) is 2. The molecule has 7 heteroatoms. The highest BCUT2D eigenvalue weighted by Crippen LogP contribution is 2.31. The van der Waals surface area contributed by atoms with Crippen LogP contribution in [-0.4, -0.2) is 33.8 Å². The van der Waals surface area contributed by atoms with Crippen molar-refractivity contribution in [2.45, 2.75) is 59.1 Å². The molecule has 0 saturated carbocycles. The van der Waals surface area contributed by atoms with Crippen LogP contribution in [0.4, 0.5) is 4.79 Å². The lowest BCUT2D eigenvalue weighted by atomic mass is 9.91. The number of nitrogens with zero attached hydrogens (tertiary/aromatic N) is 2. The van der Waals surface area contributed by atoms with Crippen LogP contribution in [0.25, 0.3) is 22.2 Å². The van der Waals surface area contributed by atoms with Gasteiger partial charge in [-0.15, -0.1) is 0 Å². The molecule has 2 N–H and O–H groups in total. The Morgan fingerprint density at radius 3 is 2.64 bits per heavy atom. The molecule has 2 heterocycles. The second-order valence-electron chi connectivity index (χ2n) is 9.99. The van der Waals surface area contributed by atoms with Crippen LogP contribution in [0, 0.1) is 17.2 Å². The van der Waals surface area contributed by atoms with Gasteiger partial charge in [-0.05, 0) is 69.9 Å². The minimum Gasteiger partial charge on any atom is -0.490 e. The SMILES string of the molecule is CC(C)C[C@@](C)(COc1ccc(-c2ccnc3cc[nH]c23)cc1C#N)NC(=O)OC(C)(C)C. The van der Waals surface area contributed by atoms with Crippen LogP contribution in [0.5, 0.6) is 5.75 Å². The van der Waals surface area contributed by atoms with Crippen LogP contribution in [0.1, 0.15) is 53.5 Å². The number of hydrogen-bond acceptors (Lipinski definition) is 5. The average Bonchev–Trinajstić information content (AvgIpc) is 3.19. The third-order valence-electron chi connectivity index (χ3n) is 5.07. The Balaban J connectivity index is 1.81. The second-order valence-corrected chi connectivity index (χ2v) is 9.99. The summed E-state index contributed by atoms with van der Waals surface area (Å²) < 4.78 is 11.5. The van der Waals surface area contributed by atoms with E-state index in [2.05, 4.69) is 35.2 Å². The number of amides is 1. The molecule has 0 bridgehead atoms. The molecule has 0 radical (unpaired) electrons. The van der Waals surface area contributed by atoms with Crippen molar-refractivity contribution in [1.29, 1.82) is 5.26 Å². The number of carbonyl (C=O) groups excluding carboxylic acids is 1. The number of rotatable bonds is 7. The van der Waals surface area contributed by atoms with Gasteiger partial charge in [0.1, 0.15) is 24.0 Å². The number of nitriles is 1. The lowest BCUT2D eigenvalue weighted by molar-refractivity contribution is 0.0408. The summed E-state index contributed by atoms with van der Waals surface area (Å²) in [5.74, 6) is 0.792. The Kier molecular flexibility index (Phi) is 6.97. The van der Waals surface area contributed by atoms with Gasteiger partial charge in [0.05, 0.1) is 22.1 Å². The van der Waals surface area contributed by atoms with Crippen LogP contribution in [0.15, 0.2) is 42.7 Å². The van der Waals surface area contributed by atoms with Gasteiger partial charge in [0.2, 0.25) is 0 Å². The Bertz CT molecular complexity index is 1170. The summed E-state index contributed by atoms with van der Waals surface area (Å²) in [6.07, 6.45) is 3.80. The van der Waals surface area contributed by atoms with E-state index < -0.39 is 17.2 Å². The molecule has 174 valence electrons. The van der Waals surface area contributed by atoms with Crippen molar-refractivity contribution in [2.24, 2.45) is 5.92 Å². The average molecular weight is 449 g/mol. The summed E-state index contributed by atoms with van der Waals surface area (Å²) in [6, 6.07) is 11.6. The Morgan fingerprint density at radius 2 is 1.97 bits per heavy atom. The molecule has 0 spiro atoms. The van der Waals surface area contributed by atoms with E-state index in [4.69, 9.17) is 9.47 Å². The predicted octanol–water partition coefficient (Wildman–Crippen LogP) is 5.81. The summed E-state index contributed by atoms with van der Waals surface area (Å²) in [7, 11) is 0. The number of carbonyl (C=O) groups is 1. The number of aromatic amines is 1. The van der Waals surface area contributed by atoms with Gasteiger partial charge in [0.25, 0.3) is 0 Å². The van der Waals surface area contributed by atoms with Gasteiger partial charge < -0.3 is 19.8 Å². The van der Waals surface area contributed by atoms with Crippen LogP contribution < -0.4 is 10.1 Å². The number of hydrogen-bond donors (Lipinski definition) is 2. The van der Waals surface area contributed by atoms with Crippen LogP contribution >= 0.6 is 0 Å². The van der Waals surface area contributed by atoms with E-state index in [9.17, 15) is 10.1 Å². The van der Waals surface area contributed by atoms with Crippen molar-refractivity contribution < 1.29 is 14.3 Å². The van der Waals surface area contributed by atoms with Crippen molar-refractivity contribution in [3.63, 3.8) is 0 Å². The number of benzene rings is 1. The largest absolute Gasteiger partial charge is 0.490 e. The van der Waals surface area contributed by atoms with Crippen LogP contribution in [0.2, 0.25) is 0 Å². The first-order chi connectivity index (χ1) is 15.5. The topological polar surface area (TPSA) is 100 Å². The zero-order valence-electron chi connectivity index (χ0n) is 20.2. The first-order valence-corrected chi connectivity index (χ1v) is 11.1. The van der Waals surface area contributed by atoms with Gasteiger partial charge in [-0.3, -0.25) is 4.98 Å². The van der Waals surface area contributed by atoms with Crippen molar-refractivity contribution in [3.05, 3.63) is 48.3 Å². The molecule has 0 saturated heterocycles. The third kappa shape index (κ3) is 6.26. The number of pyridine rings is 1. The summed E-state index contributed by atoms with van der Waals surface area (Å²) in [5.41, 5.74) is 2.81. The molecule has 0 aliphatic heterocycles. The molecule has 1 atom stereocenters. The first-order valence-electron chi connectivity index (χ1n) is 11.1. The molecule has 1 amide bonds. The third-order valence-corrected chi connectivity index (χ3v) is 5.07. The number of nitrogens with one attached hydrogen (secondary N) is 2. The zero-order valence-corrected chi connectivity index (χ0v) is 20.2. The van der Waals surface area contributed by atoms with Crippen molar-refractivity contribution in [3.8, 4) is 22.9 Å². The second kappa shape index (κ2) is 9.53. The van der Waals surface area contributed by atoms with E-state index in [-0.39, 0.29) is 6.61 Å². The Hall–Kier alpha value is -3.53. The van der Waals surface area contributed by atoms with Crippen LogP contribution in [0.3, 0.4) is 0 Å². The Morgan fingerprint density at radius 1 is 1.21 bits per heavy atom. The number of aromatic nitrogens is 2. The molecule has 2 aromatic heterocycles. The van der Waals surface area contributed by atoms with Gasteiger partial charge in [0.15, 0.2) is 0 Å². The van der Waals surface area contributed by atoms with E-state index in [1.165, 1.54) is 0 Å². The minimum atomic E-state index is -0.663. The molecule has 0 fully saturated rings. The van der Waals surface area contributed by atoms with E-state index in [1.54, 1.807) is 12.3 Å². The molecule has 7 nitrogen and oxygen atoms in total. The molecule has 33 heavy (non-hydrogen) atoms. The molecule has 3 rings (SSSR count). The van der Waals surface area contributed by atoms with Gasteiger partial charge in [0, 0.05) is 18.0 Å². The lowest BCUT2D eigenvalue weighted by Gasteiger charge is -2.33. The van der Waals surface area contributed by atoms with E-state index in [0.29, 0.717) is 23.7 Å². The normalized spacial score (nSPS) is 13.4. The smallest absolute Gasteiger partial charge is 0.408 e. The maximum absolute atomic E-state index is 12.4. The van der Waals surface area contributed by atoms with Crippen molar-refractivity contribution >= 4 is 17.1 Å². The summed E-state index contributed by atoms with van der Waals surface area (Å²) in [4.78, 5) is 20.0. The minimum absolute atomic E-state index is 0.203. The lowest BCUT2D eigenvalue weighted by Crippen LogP contribution is -2.52. The van der Waals surface area contributed by atoms with Gasteiger partial charge >= 0.3 is 6.09 Å². The van der Waals surface area contributed by atoms with Gasteiger partial charge in [-0.2, -0.15) is 5.26 Å². The summed E-state index contributed by atoms with van der Waals surface area (Å²) >= 11 is 0. The highest BCUT2D eigenvalue weighted by Gasteiger charge is 2.31. The van der Waals surface area contributed by atoms with E-state index >= 15 is 0 Å². The molecular weight excluding hydrogens is 416 g/mol. The molecule has 0 unspecified atom stereocenters. The van der Waals surface area contributed by atoms with Crippen molar-refractivity contribution in [1.82, 2.24) is 15.3 Å². The van der Waals surface area contributed by atoms with E-state index in [1.807, 2.05) is 58.2 Å². The standard InChI is InChI=1S/C26H32N4O3/c1-17(2)14-26(6,30-24(31)33-25(3,4)5)16-32-22-8-7-18(13-19(22)15-27)20-9-11-28-21-10-12-29-23(20)21/h7-13,17,29H,14,16H2,1-6H3,(H,30,31)/t26-/m0/s1. The molecule has 3 aromatic rings. The highest BCUT2D eigenvalue weighted by molar-refractivity contribution is 5.91.